The Morgan fingerprint density at radius 2 is 2.21 bits per heavy atom. The van der Waals surface area contributed by atoms with Crippen LogP contribution in [0.25, 0.3) is 0 Å². The lowest BCUT2D eigenvalue weighted by Crippen LogP contribution is -2.35. The van der Waals surface area contributed by atoms with Crippen molar-refractivity contribution in [3.8, 4) is 0 Å². The van der Waals surface area contributed by atoms with Gasteiger partial charge in [-0.2, -0.15) is 0 Å². The summed E-state index contributed by atoms with van der Waals surface area (Å²) in [6.07, 6.45) is 5.26. The van der Waals surface area contributed by atoms with Gasteiger partial charge in [-0.15, -0.1) is 0 Å². The normalized spacial score (nSPS) is 20.2. The van der Waals surface area contributed by atoms with Crippen LogP contribution in [0.2, 0.25) is 0 Å². The largest absolute Gasteiger partial charge is 0.480 e. The summed E-state index contributed by atoms with van der Waals surface area (Å²) in [7, 11) is 3.91. The molecule has 19 heavy (non-hydrogen) atoms. The molecule has 0 spiro atoms. The lowest BCUT2D eigenvalue weighted by Gasteiger charge is -2.09. The van der Waals surface area contributed by atoms with Crippen molar-refractivity contribution in [2.45, 2.75) is 49.8 Å². The summed E-state index contributed by atoms with van der Waals surface area (Å²) in [4.78, 5) is 22.0. The summed E-state index contributed by atoms with van der Waals surface area (Å²) in [5.41, 5.74) is 5.34. The number of rotatable bonds is 9. The monoisotopic (exact) mass is 306 g/mol. The Kier molecular flexibility index (Phi) is 8.32. The number of carbonyl (C=O) groups excluding carboxylic acids is 1. The van der Waals surface area contributed by atoms with Crippen molar-refractivity contribution >= 4 is 33.5 Å². The lowest BCUT2D eigenvalue weighted by atomic mass is 10.1. The van der Waals surface area contributed by atoms with Crippen molar-refractivity contribution in [3.63, 3.8) is 0 Å². The van der Waals surface area contributed by atoms with Crippen LogP contribution in [0.15, 0.2) is 0 Å². The summed E-state index contributed by atoms with van der Waals surface area (Å²) < 4.78 is 0. The summed E-state index contributed by atoms with van der Waals surface area (Å²) in [5.74, 6) is 0.215. The maximum atomic E-state index is 11.5. The van der Waals surface area contributed by atoms with Crippen LogP contribution >= 0.6 is 21.6 Å². The standard InChI is InChI=1S/C12H22N2O3S2/c13-10(12(16)17)5-7-14-11(15)4-2-1-3-9-6-8-18-19-9/h9-10H,1-8,13H2,(H,14,15)(H,16,17)/t9-,10+/m1/s1. The molecular formula is C12H22N2O3S2. The molecule has 7 heteroatoms. The van der Waals surface area contributed by atoms with Gasteiger partial charge in [0.2, 0.25) is 5.91 Å². The minimum Gasteiger partial charge on any atom is -0.480 e. The predicted molar refractivity (Wildman–Crippen MR) is 80.2 cm³/mol. The molecule has 0 saturated carbocycles. The topological polar surface area (TPSA) is 92.4 Å². The Morgan fingerprint density at radius 1 is 1.42 bits per heavy atom. The van der Waals surface area contributed by atoms with Crippen molar-refractivity contribution in [1.82, 2.24) is 5.32 Å². The summed E-state index contributed by atoms with van der Waals surface area (Å²) in [6.45, 7) is 0.335. The van der Waals surface area contributed by atoms with E-state index in [0.717, 1.165) is 18.1 Å². The van der Waals surface area contributed by atoms with Gasteiger partial charge in [0, 0.05) is 24.0 Å². The van der Waals surface area contributed by atoms with E-state index >= 15 is 0 Å². The molecule has 4 N–H and O–H groups in total. The molecular weight excluding hydrogens is 284 g/mol. The van der Waals surface area contributed by atoms with Gasteiger partial charge in [-0.05, 0) is 25.7 Å². The molecule has 0 unspecified atom stereocenters. The number of carboxylic acid groups (broad SMARTS) is 1. The third-order valence-electron chi connectivity index (χ3n) is 3.00. The zero-order valence-electron chi connectivity index (χ0n) is 11.0. The molecule has 0 aromatic rings. The minimum absolute atomic E-state index is 0.00830. The first-order chi connectivity index (χ1) is 9.09. The van der Waals surface area contributed by atoms with Crippen LogP contribution in [-0.4, -0.2) is 40.6 Å². The highest BCUT2D eigenvalue weighted by Crippen LogP contribution is 2.39. The van der Waals surface area contributed by atoms with Crippen molar-refractivity contribution in [2.24, 2.45) is 5.73 Å². The molecule has 1 amide bonds. The van der Waals surface area contributed by atoms with Crippen molar-refractivity contribution < 1.29 is 14.7 Å². The average Bonchev–Trinajstić information content (AvgIpc) is 2.87. The maximum Gasteiger partial charge on any atom is 0.320 e. The first-order valence-corrected chi connectivity index (χ1v) is 9.01. The first kappa shape index (κ1) is 16.7. The highest BCUT2D eigenvalue weighted by Gasteiger charge is 2.16. The van der Waals surface area contributed by atoms with E-state index in [1.807, 2.05) is 21.6 Å². The number of nitrogens with two attached hydrogens (primary N) is 1. The number of hydrogen-bond acceptors (Lipinski definition) is 5. The van der Waals surface area contributed by atoms with Gasteiger partial charge in [-0.25, -0.2) is 0 Å². The Hall–Kier alpha value is -0.400. The van der Waals surface area contributed by atoms with E-state index in [9.17, 15) is 9.59 Å². The first-order valence-electron chi connectivity index (χ1n) is 6.63. The zero-order chi connectivity index (χ0) is 14.1. The molecule has 0 aromatic carbocycles. The number of nitrogens with one attached hydrogen (secondary N) is 1. The highest BCUT2D eigenvalue weighted by atomic mass is 33.1. The second-order valence-corrected chi connectivity index (χ2v) is 7.45. The molecule has 0 bridgehead atoms. The predicted octanol–water partition coefficient (Wildman–Crippen LogP) is 1.62. The van der Waals surface area contributed by atoms with E-state index in [4.69, 9.17) is 10.8 Å². The number of carboxylic acids is 1. The zero-order valence-corrected chi connectivity index (χ0v) is 12.6. The van der Waals surface area contributed by atoms with Crippen LogP contribution in [0, 0.1) is 0 Å². The van der Waals surface area contributed by atoms with E-state index in [1.54, 1.807) is 0 Å². The number of aliphatic carboxylic acids is 1. The van der Waals surface area contributed by atoms with Gasteiger partial charge < -0.3 is 16.2 Å². The molecule has 1 heterocycles. The van der Waals surface area contributed by atoms with Gasteiger partial charge in [-0.1, -0.05) is 28.0 Å². The van der Waals surface area contributed by atoms with Crippen LogP contribution in [0.4, 0.5) is 0 Å². The fourth-order valence-electron chi connectivity index (χ4n) is 1.80. The second-order valence-electron chi connectivity index (χ2n) is 4.66. The Bertz CT molecular complexity index is 297. The van der Waals surface area contributed by atoms with Crippen LogP contribution < -0.4 is 11.1 Å². The Balaban J connectivity index is 1.94. The number of unbranched alkanes of at least 4 members (excludes halogenated alkanes) is 1. The fraction of sp³-hybridized carbons (Fsp3) is 0.833. The molecule has 1 aliphatic heterocycles. The fourth-order valence-corrected chi connectivity index (χ4v) is 4.83. The van der Waals surface area contributed by atoms with Gasteiger partial charge in [-0.3, -0.25) is 9.59 Å². The lowest BCUT2D eigenvalue weighted by molar-refractivity contribution is -0.138. The van der Waals surface area contributed by atoms with Crippen molar-refractivity contribution in [2.75, 3.05) is 12.3 Å². The number of hydrogen-bond donors (Lipinski definition) is 3. The summed E-state index contributed by atoms with van der Waals surface area (Å²) >= 11 is 0. The molecule has 110 valence electrons. The molecule has 1 aliphatic rings. The third kappa shape index (κ3) is 7.69. The van der Waals surface area contributed by atoms with Crippen LogP contribution in [-0.2, 0) is 9.59 Å². The van der Waals surface area contributed by atoms with Crippen LogP contribution in [0.3, 0.4) is 0 Å². The average molecular weight is 306 g/mol. The van der Waals surface area contributed by atoms with Gasteiger partial charge >= 0.3 is 5.97 Å². The van der Waals surface area contributed by atoms with Gasteiger partial charge in [0.05, 0.1) is 0 Å². The van der Waals surface area contributed by atoms with Crippen molar-refractivity contribution in [3.05, 3.63) is 0 Å². The van der Waals surface area contributed by atoms with Gasteiger partial charge in [0.15, 0.2) is 0 Å². The molecule has 0 aromatic heterocycles. The molecule has 0 radical (unpaired) electrons. The molecule has 1 rings (SSSR count). The number of carbonyl (C=O) groups is 2. The molecule has 0 aliphatic carbocycles. The molecule has 1 fully saturated rings. The maximum absolute atomic E-state index is 11.5. The third-order valence-corrected chi connectivity index (χ3v) is 6.01. The smallest absolute Gasteiger partial charge is 0.320 e. The van der Waals surface area contributed by atoms with Gasteiger partial charge in [0.25, 0.3) is 0 Å². The Morgan fingerprint density at radius 3 is 2.84 bits per heavy atom. The highest BCUT2D eigenvalue weighted by molar-refractivity contribution is 8.77. The SMILES string of the molecule is N[C@@H](CCNC(=O)CCCC[C@@H]1CCSS1)C(=O)O. The van der Waals surface area contributed by atoms with Crippen LogP contribution in [0.1, 0.15) is 38.5 Å². The van der Waals surface area contributed by atoms with Crippen molar-refractivity contribution in [1.29, 1.82) is 0 Å². The molecule has 2 atom stereocenters. The van der Waals surface area contributed by atoms with Gasteiger partial charge in [0.1, 0.15) is 6.04 Å². The summed E-state index contributed by atoms with van der Waals surface area (Å²) in [6, 6.07) is -0.891. The van der Waals surface area contributed by atoms with E-state index in [0.29, 0.717) is 13.0 Å². The van der Waals surface area contributed by atoms with E-state index in [2.05, 4.69) is 5.32 Å². The quantitative estimate of drug-likeness (QED) is 0.443. The van der Waals surface area contributed by atoms with Crippen LogP contribution in [0.5, 0.6) is 0 Å². The van der Waals surface area contributed by atoms with E-state index in [1.165, 1.54) is 18.6 Å². The molecule has 1 saturated heterocycles. The van der Waals surface area contributed by atoms with E-state index in [-0.39, 0.29) is 12.3 Å². The minimum atomic E-state index is -1.03. The molecule has 5 nitrogen and oxygen atoms in total. The van der Waals surface area contributed by atoms with E-state index < -0.39 is 12.0 Å². The second kappa shape index (κ2) is 9.50. The summed E-state index contributed by atoms with van der Waals surface area (Å²) in [5, 5.41) is 12.1. The Labute approximate surface area is 121 Å². The number of amides is 1.